The summed E-state index contributed by atoms with van der Waals surface area (Å²) in [5.74, 6) is 1.43. The summed E-state index contributed by atoms with van der Waals surface area (Å²) >= 11 is 0. The lowest BCUT2D eigenvalue weighted by atomic mass is 9.44. The average molecular weight is 391 g/mol. The van der Waals surface area contributed by atoms with Crippen LogP contribution >= 0.6 is 0 Å². The fourth-order valence-corrected chi connectivity index (χ4v) is 8.78. The molecule has 156 valence electrons. The van der Waals surface area contributed by atoms with Crippen molar-refractivity contribution >= 4 is 6.29 Å². The molecule has 0 aromatic rings. The van der Waals surface area contributed by atoms with E-state index in [2.05, 4.69) is 6.92 Å². The molecule has 6 aliphatic rings. The third-order valence-corrected chi connectivity index (χ3v) is 10.1. The molecule has 6 rings (SSSR count). The number of rotatable bonds is 1. The first kappa shape index (κ1) is 18.3. The molecular formula is C23H34O5. The molecule has 2 spiro atoms. The number of carbonyl (C=O) groups excluding carboxylic acids is 1. The van der Waals surface area contributed by atoms with E-state index in [9.17, 15) is 4.79 Å². The van der Waals surface area contributed by atoms with Gasteiger partial charge in [-0.05, 0) is 62.2 Å². The van der Waals surface area contributed by atoms with E-state index in [1.54, 1.807) is 0 Å². The molecule has 5 heteroatoms. The zero-order chi connectivity index (χ0) is 19.0. The molecule has 0 aromatic heterocycles. The third kappa shape index (κ3) is 2.15. The van der Waals surface area contributed by atoms with Gasteiger partial charge in [-0.1, -0.05) is 6.92 Å². The molecule has 4 saturated carbocycles. The van der Waals surface area contributed by atoms with Gasteiger partial charge in [0.2, 0.25) is 0 Å². The van der Waals surface area contributed by atoms with Gasteiger partial charge in [-0.25, -0.2) is 0 Å². The molecule has 0 aromatic carbocycles. The van der Waals surface area contributed by atoms with E-state index in [1.165, 1.54) is 19.1 Å². The lowest BCUT2D eigenvalue weighted by Crippen LogP contribution is -2.59. The molecule has 4 aliphatic carbocycles. The molecular weight excluding hydrogens is 356 g/mol. The van der Waals surface area contributed by atoms with Crippen LogP contribution < -0.4 is 0 Å². The van der Waals surface area contributed by atoms with E-state index >= 15 is 0 Å². The lowest BCUT2D eigenvalue weighted by Gasteiger charge is -2.61. The molecule has 0 amide bonds. The van der Waals surface area contributed by atoms with E-state index in [1.807, 2.05) is 0 Å². The third-order valence-electron chi connectivity index (χ3n) is 10.1. The number of fused-ring (bicyclic) bond motifs is 6. The highest BCUT2D eigenvalue weighted by Crippen LogP contribution is 2.69. The summed E-state index contributed by atoms with van der Waals surface area (Å²) in [7, 11) is 0. The number of carbonyl (C=O) groups is 1. The molecule has 2 heterocycles. The summed E-state index contributed by atoms with van der Waals surface area (Å²) in [5.41, 5.74) is -0.0624. The Hall–Kier alpha value is -0.490. The van der Waals surface area contributed by atoms with Gasteiger partial charge < -0.3 is 23.7 Å². The average Bonchev–Trinajstić information content (AvgIpc) is 3.43. The molecule has 0 bridgehead atoms. The maximum atomic E-state index is 12.7. The van der Waals surface area contributed by atoms with Crippen molar-refractivity contribution in [1.82, 2.24) is 0 Å². The van der Waals surface area contributed by atoms with E-state index < -0.39 is 5.79 Å². The monoisotopic (exact) mass is 390 g/mol. The predicted octanol–water partition coefficient (Wildman–Crippen LogP) is 3.69. The minimum absolute atomic E-state index is 0.106. The normalized spacial score (nSPS) is 51.0. The van der Waals surface area contributed by atoms with Gasteiger partial charge in [0.05, 0.1) is 26.4 Å². The molecule has 6 atom stereocenters. The Balaban J connectivity index is 1.30. The van der Waals surface area contributed by atoms with Gasteiger partial charge in [0.1, 0.15) is 6.29 Å². The van der Waals surface area contributed by atoms with Crippen molar-refractivity contribution in [2.75, 3.05) is 26.4 Å². The highest BCUT2D eigenvalue weighted by atomic mass is 16.7. The zero-order valence-electron chi connectivity index (χ0n) is 17.1. The van der Waals surface area contributed by atoms with Crippen LogP contribution in [0.5, 0.6) is 0 Å². The van der Waals surface area contributed by atoms with Crippen LogP contribution in [0.4, 0.5) is 0 Å². The Morgan fingerprint density at radius 2 is 1.50 bits per heavy atom. The van der Waals surface area contributed by atoms with Crippen LogP contribution in [-0.2, 0) is 23.7 Å². The van der Waals surface area contributed by atoms with Crippen molar-refractivity contribution in [2.24, 2.45) is 34.5 Å². The number of ether oxygens (including phenoxy) is 4. The van der Waals surface area contributed by atoms with Crippen molar-refractivity contribution < 1.29 is 23.7 Å². The van der Waals surface area contributed by atoms with E-state index in [-0.39, 0.29) is 16.6 Å². The number of hydrogen-bond donors (Lipinski definition) is 0. The number of hydrogen-bond acceptors (Lipinski definition) is 5. The van der Waals surface area contributed by atoms with Crippen LogP contribution in [0.25, 0.3) is 0 Å². The zero-order valence-corrected chi connectivity index (χ0v) is 17.1. The Morgan fingerprint density at radius 3 is 2.25 bits per heavy atom. The van der Waals surface area contributed by atoms with Gasteiger partial charge in [0.25, 0.3) is 0 Å². The summed E-state index contributed by atoms with van der Waals surface area (Å²) in [4.78, 5) is 12.7. The summed E-state index contributed by atoms with van der Waals surface area (Å²) in [5, 5.41) is 0. The first-order chi connectivity index (χ1) is 13.6. The van der Waals surface area contributed by atoms with Gasteiger partial charge in [0.15, 0.2) is 11.6 Å². The van der Waals surface area contributed by atoms with E-state index in [0.717, 1.165) is 58.2 Å². The molecule has 0 N–H and O–H groups in total. The molecule has 0 radical (unpaired) electrons. The summed E-state index contributed by atoms with van der Waals surface area (Å²) < 4.78 is 24.6. The lowest BCUT2D eigenvalue weighted by molar-refractivity contribution is -0.255. The van der Waals surface area contributed by atoms with Crippen LogP contribution in [0.3, 0.4) is 0 Å². The molecule has 2 aliphatic heterocycles. The van der Waals surface area contributed by atoms with Crippen molar-refractivity contribution in [3.63, 3.8) is 0 Å². The summed E-state index contributed by atoms with van der Waals surface area (Å²) in [6.07, 6.45) is 10.9. The first-order valence-electron chi connectivity index (χ1n) is 11.6. The Labute approximate surface area is 167 Å². The van der Waals surface area contributed by atoms with Crippen molar-refractivity contribution in [3.8, 4) is 0 Å². The molecule has 28 heavy (non-hydrogen) atoms. The minimum atomic E-state index is -0.393. The Kier molecular flexibility index (Phi) is 3.94. The van der Waals surface area contributed by atoms with Crippen LogP contribution in [-0.4, -0.2) is 44.3 Å². The van der Waals surface area contributed by atoms with Gasteiger partial charge in [-0.2, -0.15) is 0 Å². The van der Waals surface area contributed by atoms with Crippen LogP contribution in [0.1, 0.15) is 64.7 Å². The van der Waals surface area contributed by atoms with Crippen LogP contribution in [0, 0.1) is 34.5 Å². The fourth-order valence-electron chi connectivity index (χ4n) is 8.78. The largest absolute Gasteiger partial charge is 0.348 e. The van der Waals surface area contributed by atoms with Crippen molar-refractivity contribution in [1.29, 1.82) is 0 Å². The molecule has 6 fully saturated rings. The van der Waals surface area contributed by atoms with E-state index in [0.29, 0.717) is 36.9 Å². The highest BCUT2D eigenvalue weighted by Gasteiger charge is 2.68. The summed E-state index contributed by atoms with van der Waals surface area (Å²) in [6, 6.07) is 0. The smallest absolute Gasteiger partial charge is 0.174 e. The second-order valence-corrected chi connectivity index (χ2v) is 10.6. The first-order valence-corrected chi connectivity index (χ1v) is 11.6. The van der Waals surface area contributed by atoms with Gasteiger partial charge in [0, 0.05) is 30.1 Å². The maximum absolute atomic E-state index is 12.7. The van der Waals surface area contributed by atoms with Gasteiger partial charge in [-0.3, -0.25) is 0 Å². The summed E-state index contributed by atoms with van der Waals surface area (Å²) in [6.45, 7) is 5.30. The predicted molar refractivity (Wildman–Crippen MR) is 101 cm³/mol. The van der Waals surface area contributed by atoms with Gasteiger partial charge >= 0.3 is 0 Å². The highest BCUT2D eigenvalue weighted by molar-refractivity contribution is 5.62. The Bertz CT molecular complexity index is 651. The maximum Gasteiger partial charge on any atom is 0.174 e. The molecule has 2 saturated heterocycles. The second-order valence-electron chi connectivity index (χ2n) is 10.6. The molecule has 5 nitrogen and oxygen atoms in total. The van der Waals surface area contributed by atoms with Crippen molar-refractivity contribution in [3.05, 3.63) is 0 Å². The van der Waals surface area contributed by atoms with Crippen molar-refractivity contribution in [2.45, 2.75) is 76.3 Å². The van der Waals surface area contributed by atoms with Crippen LogP contribution in [0.15, 0.2) is 0 Å². The topological polar surface area (TPSA) is 54.0 Å². The van der Waals surface area contributed by atoms with Gasteiger partial charge in [-0.15, -0.1) is 0 Å². The standard InChI is InChI=1S/C23H34O5/c1-20-6-4-19-17(18(20)5-7-23(20)27-12-13-28-23)3-2-16-14-22(25-10-11-26-22)9-8-21(16,19)15-24/h15-19H,2-14H2,1H3. The Morgan fingerprint density at radius 1 is 0.786 bits per heavy atom. The van der Waals surface area contributed by atoms with Crippen LogP contribution in [0.2, 0.25) is 0 Å². The minimum Gasteiger partial charge on any atom is -0.348 e. The SMILES string of the molecule is CC12CCC3C(CCC4CC5(CCC43C=O)OCCO5)C1CCC21OCCO1. The number of aldehydes is 1. The quantitative estimate of drug-likeness (QED) is 0.639. The molecule has 6 unspecified atom stereocenters. The fraction of sp³-hybridized carbons (Fsp3) is 0.957. The van der Waals surface area contributed by atoms with E-state index in [4.69, 9.17) is 18.9 Å². The second kappa shape index (κ2) is 6.03.